The quantitative estimate of drug-likeness (QED) is 0.852. The molecule has 6 nitrogen and oxygen atoms in total. The minimum Gasteiger partial charge on any atom is -0.383 e. The Kier molecular flexibility index (Phi) is 3.99. The van der Waals surface area contributed by atoms with Crippen molar-refractivity contribution in [2.24, 2.45) is 7.05 Å². The third-order valence-corrected chi connectivity index (χ3v) is 3.09. The van der Waals surface area contributed by atoms with Gasteiger partial charge in [-0.25, -0.2) is 9.97 Å². The molecule has 19 heavy (non-hydrogen) atoms. The molecular formula is C13H20N6. The molecule has 0 bridgehead atoms. The Bertz CT molecular complexity index is 546. The van der Waals surface area contributed by atoms with Crippen LogP contribution in [0.4, 0.5) is 11.6 Å². The van der Waals surface area contributed by atoms with E-state index in [1.54, 1.807) is 6.20 Å². The third kappa shape index (κ3) is 3.01. The van der Waals surface area contributed by atoms with Crippen molar-refractivity contribution < 1.29 is 0 Å². The molecule has 2 rings (SSSR count). The number of hydrogen-bond acceptors (Lipinski definition) is 5. The SMILES string of the molecule is CC(C)c1c(N)ncnc1NCCc1ccnn1C. The maximum Gasteiger partial charge on any atom is 0.134 e. The summed E-state index contributed by atoms with van der Waals surface area (Å²) in [5.41, 5.74) is 8.07. The fraction of sp³-hybridized carbons (Fsp3) is 0.462. The molecule has 0 saturated heterocycles. The average molecular weight is 260 g/mol. The summed E-state index contributed by atoms with van der Waals surface area (Å²) < 4.78 is 1.87. The van der Waals surface area contributed by atoms with E-state index >= 15 is 0 Å². The van der Waals surface area contributed by atoms with Crippen LogP contribution in [-0.4, -0.2) is 26.3 Å². The molecule has 2 heterocycles. The largest absolute Gasteiger partial charge is 0.383 e. The molecule has 0 aliphatic carbocycles. The molecule has 0 spiro atoms. The predicted octanol–water partition coefficient (Wildman–Crippen LogP) is 1.57. The van der Waals surface area contributed by atoms with Crippen LogP contribution in [0.2, 0.25) is 0 Å². The minimum atomic E-state index is 0.292. The van der Waals surface area contributed by atoms with Crippen LogP contribution in [0.5, 0.6) is 0 Å². The lowest BCUT2D eigenvalue weighted by Gasteiger charge is -2.14. The lowest BCUT2D eigenvalue weighted by molar-refractivity contribution is 0.710. The van der Waals surface area contributed by atoms with E-state index in [0.29, 0.717) is 11.7 Å². The molecule has 0 amide bonds. The number of aryl methyl sites for hydroxylation is 1. The average Bonchev–Trinajstić information content (AvgIpc) is 2.75. The second-order valence-electron chi connectivity index (χ2n) is 4.80. The number of hydrogen-bond donors (Lipinski definition) is 2. The summed E-state index contributed by atoms with van der Waals surface area (Å²) in [5, 5.41) is 7.47. The summed E-state index contributed by atoms with van der Waals surface area (Å²) >= 11 is 0. The van der Waals surface area contributed by atoms with Gasteiger partial charge in [0, 0.05) is 37.5 Å². The van der Waals surface area contributed by atoms with E-state index in [9.17, 15) is 0 Å². The van der Waals surface area contributed by atoms with Crippen molar-refractivity contribution in [3.05, 3.63) is 29.8 Å². The molecule has 102 valence electrons. The number of anilines is 2. The molecule has 2 aromatic heterocycles. The number of nitrogens with two attached hydrogens (primary N) is 1. The van der Waals surface area contributed by atoms with Gasteiger partial charge in [-0.15, -0.1) is 0 Å². The molecule has 0 fully saturated rings. The van der Waals surface area contributed by atoms with E-state index in [1.807, 2.05) is 17.8 Å². The molecule has 2 aromatic rings. The molecule has 6 heteroatoms. The molecule has 0 aromatic carbocycles. The zero-order chi connectivity index (χ0) is 13.8. The molecule has 0 radical (unpaired) electrons. The topological polar surface area (TPSA) is 81.7 Å². The Hall–Kier alpha value is -2.11. The van der Waals surface area contributed by atoms with Gasteiger partial charge < -0.3 is 11.1 Å². The van der Waals surface area contributed by atoms with E-state index in [2.05, 4.69) is 34.2 Å². The summed E-state index contributed by atoms with van der Waals surface area (Å²) in [6, 6.07) is 2.01. The third-order valence-electron chi connectivity index (χ3n) is 3.09. The van der Waals surface area contributed by atoms with Crippen molar-refractivity contribution in [2.45, 2.75) is 26.2 Å². The van der Waals surface area contributed by atoms with Crippen molar-refractivity contribution in [3.63, 3.8) is 0 Å². The normalized spacial score (nSPS) is 10.9. The first-order valence-corrected chi connectivity index (χ1v) is 6.40. The summed E-state index contributed by atoms with van der Waals surface area (Å²) in [6.07, 6.45) is 4.18. The highest BCUT2D eigenvalue weighted by molar-refractivity contribution is 5.56. The van der Waals surface area contributed by atoms with Gasteiger partial charge in [-0.3, -0.25) is 4.68 Å². The van der Waals surface area contributed by atoms with E-state index in [4.69, 9.17) is 5.73 Å². The fourth-order valence-electron chi connectivity index (χ4n) is 2.07. The fourth-order valence-corrected chi connectivity index (χ4v) is 2.07. The highest BCUT2D eigenvalue weighted by Gasteiger charge is 2.12. The first-order chi connectivity index (χ1) is 9.09. The van der Waals surface area contributed by atoms with Crippen LogP contribution in [0.15, 0.2) is 18.6 Å². The Morgan fingerprint density at radius 2 is 2.16 bits per heavy atom. The van der Waals surface area contributed by atoms with Crippen molar-refractivity contribution in [1.29, 1.82) is 0 Å². The number of nitrogen functional groups attached to an aromatic ring is 1. The molecule has 0 aliphatic rings. The first kappa shape index (κ1) is 13.3. The van der Waals surface area contributed by atoms with E-state index in [0.717, 1.165) is 24.3 Å². The van der Waals surface area contributed by atoms with Crippen LogP contribution in [-0.2, 0) is 13.5 Å². The molecule has 3 N–H and O–H groups in total. The van der Waals surface area contributed by atoms with Crippen molar-refractivity contribution in [3.8, 4) is 0 Å². The highest BCUT2D eigenvalue weighted by atomic mass is 15.3. The lowest BCUT2D eigenvalue weighted by Crippen LogP contribution is -2.13. The van der Waals surface area contributed by atoms with Gasteiger partial charge in [0.05, 0.1) is 0 Å². The minimum absolute atomic E-state index is 0.292. The molecule has 0 unspecified atom stereocenters. The van der Waals surface area contributed by atoms with E-state index in [1.165, 1.54) is 12.0 Å². The zero-order valence-electron chi connectivity index (χ0n) is 11.6. The van der Waals surface area contributed by atoms with E-state index in [-0.39, 0.29) is 0 Å². The number of nitrogens with zero attached hydrogens (tertiary/aromatic N) is 4. The summed E-state index contributed by atoms with van der Waals surface area (Å²) in [7, 11) is 1.94. The summed E-state index contributed by atoms with van der Waals surface area (Å²) in [4.78, 5) is 8.32. The number of rotatable bonds is 5. The summed E-state index contributed by atoms with van der Waals surface area (Å²) in [5.74, 6) is 1.66. The van der Waals surface area contributed by atoms with Crippen LogP contribution in [0.1, 0.15) is 31.0 Å². The van der Waals surface area contributed by atoms with Crippen molar-refractivity contribution in [1.82, 2.24) is 19.7 Å². The van der Waals surface area contributed by atoms with Crippen LogP contribution >= 0.6 is 0 Å². The van der Waals surface area contributed by atoms with Crippen LogP contribution in [0.25, 0.3) is 0 Å². The number of nitrogens with one attached hydrogen (secondary N) is 1. The Morgan fingerprint density at radius 1 is 1.37 bits per heavy atom. The maximum atomic E-state index is 5.91. The number of aromatic nitrogens is 4. The Labute approximate surface area is 113 Å². The smallest absolute Gasteiger partial charge is 0.134 e. The molecule has 0 atom stereocenters. The van der Waals surface area contributed by atoms with Crippen molar-refractivity contribution in [2.75, 3.05) is 17.6 Å². The van der Waals surface area contributed by atoms with Gasteiger partial charge in [0.25, 0.3) is 0 Å². The second kappa shape index (κ2) is 5.69. The maximum absolute atomic E-state index is 5.91. The van der Waals surface area contributed by atoms with Gasteiger partial charge >= 0.3 is 0 Å². The first-order valence-electron chi connectivity index (χ1n) is 6.40. The van der Waals surface area contributed by atoms with E-state index < -0.39 is 0 Å². The summed E-state index contributed by atoms with van der Waals surface area (Å²) in [6.45, 7) is 4.96. The monoisotopic (exact) mass is 260 g/mol. The Morgan fingerprint density at radius 3 is 2.79 bits per heavy atom. The van der Waals surface area contributed by atoms with Gasteiger partial charge in [0.1, 0.15) is 18.0 Å². The standard InChI is InChI=1S/C13H20N6/c1-9(2)11-12(14)16-8-17-13(11)15-6-4-10-5-7-18-19(10)3/h5,7-9H,4,6H2,1-3H3,(H3,14,15,16,17). The molecule has 0 saturated carbocycles. The second-order valence-corrected chi connectivity index (χ2v) is 4.80. The van der Waals surface area contributed by atoms with Crippen LogP contribution in [0, 0.1) is 0 Å². The zero-order valence-corrected chi connectivity index (χ0v) is 11.6. The van der Waals surface area contributed by atoms with Crippen LogP contribution in [0.3, 0.4) is 0 Å². The van der Waals surface area contributed by atoms with Gasteiger partial charge in [-0.2, -0.15) is 5.10 Å². The van der Waals surface area contributed by atoms with Gasteiger partial charge in [-0.1, -0.05) is 13.8 Å². The lowest BCUT2D eigenvalue weighted by atomic mass is 10.0. The van der Waals surface area contributed by atoms with Gasteiger partial charge in [-0.05, 0) is 12.0 Å². The Balaban J connectivity index is 2.04. The van der Waals surface area contributed by atoms with Gasteiger partial charge in [0.2, 0.25) is 0 Å². The van der Waals surface area contributed by atoms with Crippen LogP contribution < -0.4 is 11.1 Å². The predicted molar refractivity (Wildman–Crippen MR) is 75.9 cm³/mol. The van der Waals surface area contributed by atoms with Gasteiger partial charge in [0.15, 0.2) is 0 Å². The van der Waals surface area contributed by atoms with Crippen molar-refractivity contribution >= 4 is 11.6 Å². The molecule has 0 aliphatic heterocycles. The molecular weight excluding hydrogens is 240 g/mol. The highest BCUT2D eigenvalue weighted by Crippen LogP contribution is 2.25.